The second-order valence-electron chi connectivity index (χ2n) is 21.5. The smallest absolute Gasteiger partial charge is 0.220 e. The van der Waals surface area contributed by atoms with Crippen molar-refractivity contribution >= 4 is 5.91 Å². The van der Waals surface area contributed by atoms with E-state index in [-0.39, 0.29) is 12.5 Å². The first kappa shape index (κ1) is 67.4. The lowest BCUT2D eigenvalue weighted by Crippen LogP contribution is -2.60. The molecule has 7 atom stereocenters. The maximum Gasteiger partial charge on any atom is 0.220 e. The van der Waals surface area contributed by atoms with Gasteiger partial charge in [-0.15, -0.1) is 0 Å². The van der Waals surface area contributed by atoms with Crippen molar-refractivity contribution in [1.82, 2.24) is 5.32 Å². The van der Waals surface area contributed by atoms with Gasteiger partial charge in [0.15, 0.2) is 6.29 Å². The minimum Gasteiger partial charge on any atom is -0.394 e. The predicted octanol–water partition coefficient (Wildman–Crippen LogP) is 15.5. The van der Waals surface area contributed by atoms with E-state index >= 15 is 0 Å². The zero-order chi connectivity index (χ0) is 51.5. The number of unbranched alkanes of at least 4 members (excludes halogenated alkanes) is 37. The number of rotatable bonds is 53. The Morgan fingerprint density at radius 1 is 0.479 bits per heavy atom. The van der Waals surface area contributed by atoms with E-state index in [1.165, 1.54) is 218 Å². The van der Waals surface area contributed by atoms with Crippen LogP contribution in [0.15, 0.2) is 36.5 Å². The molecule has 7 unspecified atom stereocenters. The van der Waals surface area contributed by atoms with Crippen LogP contribution in [0.1, 0.15) is 296 Å². The van der Waals surface area contributed by atoms with Gasteiger partial charge in [0.25, 0.3) is 0 Å². The molecule has 6 N–H and O–H groups in total. The fourth-order valence-corrected chi connectivity index (χ4v) is 9.88. The molecular weight excluding hydrogens is 887 g/mol. The van der Waals surface area contributed by atoms with E-state index in [4.69, 9.17) is 9.47 Å². The Morgan fingerprint density at radius 3 is 1.23 bits per heavy atom. The minimum absolute atomic E-state index is 0.135. The van der Waals surface area contributed by atoms with Crippen LogP contribution < -0.4 is 5.32 Å². The topological polar surface area (TPSA) is 149 Å². The zero-order valence-electron chi connectivity index (χ0n) is 46.5. The molecule has 0 aromatic rings. The molecule has 71 heavy (non-hydrogen) atoms. The fourth-order valence-electron chi connectivity index (χ4n) is 9.88. The highest BCUT2D eigenvalue weighted by atomic mass is 16.7. The molecule has 418 valence electrons. The van der Waals surface area contributed by atoms with Crippen LogP contribution in [0.25, 0.3) is 0 Å². The highest BCUT2D eigenvalue weighted by Crippen LogP contribution is 2.23. The second-order valence-corrected chi connectivity index (χ2v) is 21.5. The van der Waals surface area contributed by atoms with E-state index < -0.39 is 49.5 Å². The number of allylic oxidation sites excluding steroid dienone is 6. The molecule has 1 rings (SSSR count). The van der Waals surface area contributed by atoms with Crippen LogP contribution in [0.4, 0.5) is 0 Å². The van der Waals surface area contributed by atoms with Crippen LogP contribution in [0.2, 0.25) is 0 Å². The number of aliphatic hydroxyl groups excluding tert-OH is 5. The van der Waals surface area contributed by atoms with Gasteiger partial charge in [0, 0.05) is 6.42 Å². The first-order chi connectivity index (χ1) is 34.8. The molecule has 1 heterocycles. The summed E-state index contributed by atoms with van der Waals surface area (Å²) in [5.74, 6) is -0.140. The summed E-state index contributed by atoms with van der Waals surface area (Å²) in [6.07, 6.45) is 60.4. The van der Waals surface area contributed by atoms with E-state index in [0.717, 1.165) is 51.4 Å². The van der Waals surface area contributed by atoms with Crippen LogP contribution in [0.3, 0.4) is 0 Å². The van der Waals surface area contributed by atoms with Gasteiger partial charge in [0.05, 0.1) is 25.4 Å². The van der Waals surface area contributed by atoms with Gasteiger partial charge in [-0.25, -0.2) is 0 Å². The number of carbonyl (C=O) groups excluding carboxylic acids is 1. The van der Waals surface area contributed by atoms with E-state index in [1.807, 2.05) is 0 Å². The van der Waals surface area contributed by atoms with Crippen molar-refractivity contribution in [3.8, 4) is 0 Å². The average Bonchev–Trinajstić information content (AvgIpc) is 3.37. The average molecular weight is 1000 g/mol. The molecule has 0 aliphatic carbocycles. The standard InChI is InChI=1S/C62H117NO8/c1-3-5-7-9-11-13-15-17-19-20-21-22-23-24-25-26-27-28-29-30-31-32-33-34-35-36-38-40-42-44-46-48-50-52-58(66)63-55(54-70-62-61(69)60(68)59(67)57(53-64)71-62)56(65)51-49-47-45-43-41-39-37-18-16-14-12-10-8-6-4-2/h15,17,20-21,23-24,55-57,59-62,64-65,67-69H,3-14,16,18-19,22,25-54H2,1-2H3,(H,63,66)/b17-15-,21-20-,24-23-. The molecule has 9 heteroatoms. The van der Waals surface area contributed by atoms with E-state index in [0.29, 0.717) is 12.8 Å². The third-order valence-corrected chi connectivity index (χ3v) is 14.7. The molecule has 0 bridgehead atoms. The molecule has 0 saturated carbocycles. The molecule has 0 spiro atoms. The van der Waals surface area contributed by atoms with Gasteiger partial charge < -0.3 is 40.3 Å². The molecule has 1 saturated heterocycles. The number of aliphatic hydroxyl groups is 5. The summed E-state index contributed by atoms with van der Waals surface area (Å²) in [5, 5.41) is 54.7. The molecule has 0 aromatic carbocycles. The van der Waals surface area contributed by atoms with Gasteiger partial charge in [0.1, 0.15) is 24.4 Å². The van der Waals surface area contributed by atoms with Gasteiger partial charge in [0.2, 0.25) is 5.91 Å². The largest absolute Gasteiger partial charge is 0.394 e. The van der Waals surface area contributed by atoms with Crippen LogP contribution in [-0.2, 0) is 14.3 Å². The maximum atomic E-state index is 13.1. The number of amides is 1. The Hall–Kier alpha value is -1.59. The van der Waals surface area contributed by atoms with Crippen molar-refractivity contribution in [2.45, 2.75) is 339 Å². The summed E-state index contributed by atoms with van der Waals surface area (Å²) in [6, 6.07) is -0.717. The maximum absolute atomic E-state index is 13.1. The van der Waals surface area contributed by atoms with Crippen LogP contribution in [0.5, 0.6) is 0 Å². The van der Waals surface area contributed by atoms with Gasteiger partial charge in [-0.2, -0.15) is 0 Å². The minimum atomic E-state index is -1.55. The predicted molar refractivity (Wildman–Crippen MR) is 300 cm³/mol. The molecule has 1 aliphatic rings. The summed E-state index contributed by atoms with van der Waals surface area (Å²) in [7, 11) is 0. The summed E-state index contributed by atoms with van der Waals surface area (Å²) in [5.41, 5.74) is 0. The monoisotopic (exact) mass is 1000 g/mol. The van der Waals surface area contributed by atoms with E-state index in [9.17, 15) is 30.3 Å². The number of ether oxygens (including phenoxy) is 2. The SMILES string of the molecule is CCCCCCC/C=C\C/C=C\C/C=C\CCCCCCCCCCCCCCCCCCCCC(=O)NC(COC1OC(CO)C(O)C(O)C1O)C(O)CCCCCCCCCCCCCCCCC. The summed E-state index contributed by atoms with van der Waals surface area (Å²) >= 11 is 0. The summed E-state index contributed by atoms with van der Waals surface area (Å²) in [4.78, 5) is 13.1. The normalized spacial score (nSPS) is 19.5. The van der Waals surface area contributed by atoms with Gasteiger partial charge >= 0.3 is 0 Å². The van der Waals surface area contributed by atoms with Crippen molar-refractivity contribution in [2.24, 2.45) is 0 Å². The lowest BCUT2D eigenvalue weighted by molar-refractivity contribution is -0.302. The number of hydrogen-bond donors (Lipinski definition) is 6. The lowest BCUT2D eigenvalue weighted by Gasteiger charge is -2.40. The van der Waals surface area contributed by atoms with Crippen LogP contribution in [-0.4, -0.2) is 87.5 Å². The highest BCUT2D eigenvalue weighted by Gasteiger charge is 2.44. The Balaban J connectivity index is 2.10. The molecule has 1 amide bonds. The van der Waals surface area contributed by atoms with Gasteiger partial charge in [-0.05, 0) is 51.4 Å². The van der Waals surface area contributed by atoms with Crippen molar-refractivity contribution in [3.05, 3.63) is 36.5 Å². The Kier molecular flexibility index (Phi) is 49.3. The third-order valence-electron chi connectivity index (χ3n) is 14.7. The first-order valence-electron chi connectivity index (χ1n) is 30.7. The third kappa shape index (κ3) is 41.4. The second kappa shape index (κ2) is 51.9. The van der Waals surface area contributed by atoms with Crippen molar-refractivity contribution in [2.75, 3.05) is 13.2 Å². The lowest BCUT2D eigenvalue weighted by atomic mass is 9.99. The fraction of sp³-hybridized carbons (Fsp3) is 0.887. The zero-order valence-corrected chi connectivity index (χ0v) is 46.5. The first-order valence-corrected chi connectivity index (χ1v) is 30.7. The molecule has 9 nitrogen and oxygen atoms in total. The Bertz CT molecular complexity index is 1210. The number of nitrogens with one attached hydrogen (secondary N) is 1. The molecule has 1 aliphatic heterocycles. The van der Waals surface area contributed by atoms with Crippen molar-refractivity contribution < 1.29 is 39.8 Å². The molecule has 1 fully saturated rings. The quantitative estimate of drug-likeness (QED) is 0.0261. The van der Waals surface area contributed by atoms with Crippen LogP contribution >= 0.6 is 0 Å². The van der Waals surface area contributed by atoms with Gasteiger partial charge in [-0.3, -0.25) is 4.79 Å². The summed E-state index contributed by atoms with van der Waals surface area (Å²) < 4.78 is 11.3. The van der Waals surface area contributed by atoms with Crippen molar-refractivity contribution in [1.29, 1.82) is 0 Å². The summed E-state index contributed by atoms with van der Waals surface area (Å²) in [6.45, 7) is 3.85. The molecule has 0 radical (unpaired) electrons. The van der Waals surface area contributed by atoms with Crippen LogP contribution in [0, 0.1) is 0 Å². The van der Waals surface area contributed by atoms with Gasteiger partial charge in [-0.1, -0.05) is 275 Å². The van der Waals surface area contributed by atoms with E-state index in [1.54, 1.807) is 0 Å². The van der Waals surface area contributed by atoms with Crippen molar-refractivity contribution in [3.63, 3.8) is 0 Å². The molecule has 0 aromatic heterocycles. The van der Waals surface area contributed by atoms with E-state index in [2.05, 4.69) is 55.6 Å². The number of hydrogen-bond acceptors (Lipinski definition) is 8. The molecular formula is C62H117NO8. The number of carbonyl (C=O) groups is 1. The Morgan fingerprint density at radius 2 is 0.831 bits per heavy atom. The Labute approximate surface area is 438 Å². The highest BCUT2D eigenvalue weighted by molar-refractivity contribution is 5.76.